The van der Waals surface area contributed by atoms with Gasteiger partial charge < -0.3 is 11.5 Å². The molecule has 0 atom stereocenters. The Labute approximate surface area is 105 Å². The minimum absolute atomic E-state index is 0.132. The van der Waals surface area contributed by atoms with Gasteiger partial charge in [0.1, 0.15) is 0 Å². The molecule has 0 heterocycles. The number of nitrogens with one attached hydrogen (secondary N) is 2. The van der Waals surface area contributed by atoms with Crippen molar-refractivity contribution in [3.05, 3.63) is 59.7 Å². The largest absolute Gasteiger partial charge is 0.399 e. The normalized spacial score (nSPS) is 10.0. The molecule has 0 fully saturated rings. The van der Waals surface area contributed by atoms with Gasteiger partial charge in [-0.1, -0.05) is 24.3 Å². The summed E-state index contributed by atoms with van der Waals surface area (Å²) in [4.78, 5) is 0. The predicted octanol–water partition coefficient (Wildman–Crippen LogP) is 2.29. The summed E-state index contributed by atoms with van der Waals surface area (Å²) in [5, 5.41) is 16.0. The fourth-order valence-electron chi connectivity index (χ4n) is 1.68. The summed E-state index contributed by atoms with van der Waals surface area (Å²) < 4.78 is 0. The van der Waals surface area contributed by atoms with Crippen molar-refractivity contribution in [2.45, 2.75) is 0 Å². The van der Waals surface area contributed by atoms with E-state index in [0.717, 1.165) is 0 Å². The Hall–Kier alpha value is -2.62. The molecule has 0 saturated heterocycles. The Morgan fingerprint density at radius 3 is 1.44 bits per heavy atom. The molecule has 90 valence electrons. The Kier molecular flexibility index (Phi) is 3.10. The molecular formula is C14H14N4. The molecule has 0 spiro atoms. The van der Waals surface area contributed by atoms with Crippen LogP contribution in [0.3, 0.4) is 0 Å². The van der Waals surface area contributed by atoms with Gasteiger partial charge in [-0.15, -0.1) is 0 Å². The summed E-state index contributed by atoms with van der Waals surface area (Å²) in [6, 6.07) is 13.9. The Morgan fingerprint density at radius 1 is 0.722 bits per heavy atom. The lowest BCUT2D eigenvalue weighted by Gasteiger charge is -2.07. The lowest BCUT2D eigenvalue weighted by molar-refractivity contribution is 1.45. The molecule has 18 heavy (non-hydrogen) atoms. The number of hydrogen-bond acceptors (Lipinski definition) is 4. The lowest BCUT2D eigenvalue weighted by Crippen LogP contribution is -2.15. The van der Waals surface area contributed by atoms with Gasteiger partial charge >= 0.3 is 0 Å². The van der Waals surface area contributed by atoms with Crippen molar-refractivity contribution in [2.24, 2.45) is 0 Å². The van der Waals surface area contributed by atoms with Crippen LogP contribution >= 0.6 is 0 Å². The van der Waals surface area contributed by atoms with Crippen LogP contribution in [-0.2, 0) is 0 Å². The summed E-state index contributed by atoms with van der Waals surface area (Å²) in [5.74, 6) is 0. The van der Waals surface area contributed by atoms with Crippen molar-refractivity contribution in [3.8, 4) is 0 Å². The molecule has 0 radical (unpaired) electrons. The molecule has 6 N–H and O–H groups in total. The minimum atomic E-state index is 0.132. The van der Waals surface area contributed by atoms with Crippen LogP contribution in [0.15, 0.2) is 48.5 Å². The monoisotopic (exact) mass is 238 g/mol. The van der Waals surface area contributed by atoms with Crippen molar-refractivity contribution in [1.82, 2.24) is 0 Å². The van der Waals surface area contributed by atoms with Crippen molar-refractivity contribution in [2.75, 3.05) is 11.5 Å². The standard InChI is InChI=1S/C14H14N4/c15-11-5-1-3-9(7-11)13(17)14(18)10-4-2-6-12(16)8-10/h1-8,17-18H,15-16H2. The fourth-order valence-corrected chi connectivity index (χ4v) is 1.68. The van der Waals surface area contributed by atoms with Crippen molar-refractivity contribution in [3.63, 3.8) is 0 Å². The SMILES string of the molecule is N=C(C(=N)c1cccc(N)c1)c1cccc(N)c1. The molecule has 0 amide bonds. The van der Waals surface area contributed by atoms with Gasteiger partial charge in [-0.2, -0.15) is 0 Å². The second kappa shape index (κ2) is 4.71. The number of anilines is 2. The third-order valence-electron chi connectivity index (χ3n) is 2.60. The molecule has 4 heteroatoms. The van der Waals surface area contributed by atoms with E-state index < -0.39 is 0 Å². The molecule has 0 aliphatic rings. The van der Waals surface area contributed by atoms with E-state index in [1.807, 2.05) is 0 Å². The number of hydrogen-bond donors (Lipinski definition) is 4. The van der Waals surface area contributed by atoms with Crippen LogP contribution in [0.4, 0.5) is 11.4 Å². The average Bonchev–Trinajstić information content (AvgIpc) is 2.37. The first kappa shape index (κ1) is 11.9. The van der Waals surface area contributed by atoms with Gasteiger partial charge in [0, 0.05) is 22.5 Å². The highest BCUT2D eigenvalue weighted by atomic mass is 14.6. The average molecular weight is 238 g/mol. The Balaban J connectivity index is 2.32. The van der Waals surface area contributed by atoms with Crippen LogP contribution in [0.2, 0.25) is 0 Å². The molecule has 0 bridgehead atoms. The van der Waals surface area contributed by atoms with Crippen LogP contribution in [0.1, 0.15) is 11.1 Å². The van der Waals surface area contributed by atoms with Crippen molar-refractivity contribution >= 4 is 22.8 Å². The van der Waals surface area contributed by atoms with Crippen LogP contribution in [0.5, 0.6) is 0 Å². The minimum Gasteiger partial charge on any atom is -0.399 e. The molecule has 2 rings (SSSR count). The van der Waals surface area contributed by atoms with E-state index >= 15 is 0 Å². The molecule has 0 saturated carbocycles. The molecule has 0 aliphatic heterocycles. The first-order valence-corrected chi connectivity index (χ1v) is 5.47. The molecular weight excluding hydrogens is 224 g/mol. The first-order valence-electron chi connectivity index (χ1n) is 5.47. The molecule has 2 aromatic rings. The van der Waals surface area contributed by atoms with Crippen LogP contribution in [-0.4, -0.2) is 11.4 Å². The van der Waals surface area contributed by atoms with Crippen molar-refractivity contribution < 1.29 is 0 Å². The van der Waals surface area contributed by atoms with Crippen LogP contribution < -0.4 is 11.5 Å². The number of rotatable bonds is 3. The summed E-state index contributed by atoms with van der Waals surface area (Å²) in [5.41, 5.74) is 14.0. The molecule has 0 aromatic heterocycles. The second-order valence-corrected chi connectivity index (χ2v) is 4.00. The van der Waals surface area contributed by atoms with E-state index in [4.69, 9.17) is 22.3 Å². The molecule has 0 aliphatic carbocycles. The van der Waals surface area contributed by atoms with Gasteiger partial charge in [-0.25, -0.2) is 0 Å². The van der Waals surface area contributed by atoms with Gasteiger partial charge in [-0.3, -0.25) is 10.8 Å². The fraction of sp³-hybridized carbons (Fsp3) is 0. The number of benzene rings is 2. The van der Waals surface area contributed by atoms with E-state index in [9.17, 15) is 0 Å². The summed E-state index contributed by atoms with van der Waals surface area (Å²) in [7, 11) is 0. The maximum absolute atomic E-state index is 8.02. The van der Waals surface area contributed by atoms with Crippen molar-refractivity contribution in [1.29, 1.82) is 10.8 Å². The van der Waals surface area contributed by atoms with Crippen LogP contribution in [0, 0.1) is 10.8 Å². The van der Waals surface area contributed by atoms with Gasteiger partial charge in [0.05, 0.1) is 11.4 Å². The summed E-state index contributed by atoms with van der Waals surface area (Å²) in [6.07, 6.45) is 0. The predicted molar refractivity (Wildman–Crippen MR) is 75.4 cm³/mol. The van der Waals surface area contributed by atoms with E-state index in [2.05, 4.69) is 0 Å². The van der Waals surface area contributed by atoms with E-state index in [0.29, 0.717) is 22.5 Å². The van der Waals surface area contributed by atoms with Crippen LogP contribution in [0.25, 0.3) is 0 Å². The quantitative estimate of drug-likeness (QED) is 0.487. The zero-order valence-corrected chi connectivity index (χ0v) is 9.77. The third kappa shape index (κ3) is 2.38. The highest BCUT2D eigenvalue weighted by Gasteiger charge is 2.10. The third-order valence-corrected chi connectivity index (χ3v) is 2.60. The van der Waals surface area contributed by atoms with Gasteiger partial charge in [0.15, 0.2) is 0 Å². The zero-order valence-electron chi connectivity index (χ0n) is 9.77. The maximum atomic E-state index is 8.02. The Morgan fingerprint density at radius 2 is 1.11 bits per heavy atom. The zero-order chi connectivity index (χ0) is 13.1. The highest BCUT2D eigenvalue weighted by molar-refractivity contribution is 6.51. The lowest BCUT2D eigenvalue weighted by atomic mass is 9.99. The number of nitrogens with two attached hydrogens (primary N) is 2. The number of nitrogen functional groups attached to an aromatic ring is 2. The summed E-state index contributed by atoms with van der Waals surface area (Å²) >= 11 is 0. The van der Waals surface area contributed by atoms with Gasteiger partial charge in [0.25, 0.3) is 0 Å². The first-order chi connectivity index (χ1) is 8.58. The van der Waals surface area contributed by atoms with E-state index in [1.165, 1.54) is 0 Å². The molecule has 0 unspecified atom stereocenters. The molecule has 2 aromatic carbocycles. The van der Waals surface area contributed by atoms with Gasteiger partial charge in [0.2, 0.25) is 0 Å². The molecule has 4 nitrogen and oxygen atoms in total. The smallest absolute Gasteiger partial charge is 0.0868 e. The second-order valence-electron chi connectivity index (χ2n) is 4.00. The Bertz CT molecular complexity index is 561. The van der Waals surface area contributed by atoms with E-state index in [1.54, 1.807) is 48.5 Å². The topological polar surface area (TPSA) is 99.7 Å². The highest BCUT2D eigenvalue weighted by Crippen LogP contribution is 2.13. The maximum Gasteiger partial charge on any atom is 0.0868 e. The van der Waals surface area contributed by atoms with Gasteiger partial charge in [-0.05, 0) is 24.3 Å². The summed E-state index contributed by atoms with van der Waals surface area (Å²) in [6.45, 7) is 0. The van der Waals surface area contributed by atoms with E-state index in [-0.39, 0.29) is 11.4 Å².